The zero-order chi connectivity index (χ0) is 7.21. The van der Waals surface area contributed by atoms with Crippen LogP contribution in [0.25, 0.3) is 0 Å². The molecule has 0 aromatic heterocycles. The van der Waals surface area contributed by atoms with Gasteiger partial charge in [0, 0.05) is 0 Å². The molecule has 8 heavy (non-hydrogen) atoms. The molecule has 8 heteroatoms. The normalized spacial score (nSPS) is 12.2. The molecular formula is F6Xe2. The Morgan fingerprint density at radius 2 is 0.875 bits per heavy atom. The van der Waals surface area contributed by atoms with E-state index in [0.717, 1.165) is 0 Å². The molecule has 0 atom stereocenters. The van der Waals surface area contributed by atoms with E-state index in [1.807, 2.05) is 0 Å². The van der Waals surface area contributed by atoms with Crippen molar-refractivity contribution in [1.82, 2.24) is 0 Å². The Labute approximate surface area is 86.6 Å². The fourth-order valence-corrected chi connectivity index (χ4v) is 0. The molecule has 0 amide bonds. The van der Waals surface area contributed by atoms with Gasteiger partial charge in [0.2, 0.25) is 0 Å². The summed E-state index contributed by atoms with van der Waals surface area (Å²) < 4.78 is 58.9. The molecule has 58 valence electrons. The quantitative estimate of drug-likeness (QED) is 0.570. The van der Waals surface area contributed by atoms with Gasteiger partial charge in [-0.2, -0.15) is 0 Å². The second kappa shape index (κ2) is 7.83. The van der Waals surface area contributed by atoms with Gasteiger partial charge in [0.15, 0.2) is 0 Å². The maximum atomic E-state index is 9.86. The van der Waals surface area contributed by atoms with E-state index in [4.69, 9.17) is 0 Å². The second-order valence-electron chi connectivity index (χ2n) is 0.354. The van der Waals surface area contributed by atoms with Crippen LogP contribution in [0.15, 0.2) is 0 Å². The van der Waals surface area contributed by atoms with E-state index in [-0.39, 0.29) is 0 Å². The van der Waals surface area contributed by atoms with Crippen molar-refractivity contribution >= 4 is 0 Å². The van der Waals surface area contributed by atoms with E-state index in [2.05, 4.69) is 0 Å². The van der Waals surface area contributed by atoms with Crippen LogP contribution in [0.3, 0.4) is 0 Å². The van der Waals surface area contributed by atoms with Gasteiger partial charge in [0.1, 0.15) is 0 Å². The van der Waals surface area contributed by atoms with E-state index >= 15 is 0 Å². The van der Waals surface area contributed by atoms with Gasteiger partial charge in [0.05, 0.1) is 0 Å². The van der Waals surface area contributed by atoms with Crippen LogP contribution in [-0.4, -0.2) is 0 Å². The van der Waals surface area contributed by atoms with Crippen LogP contribution in [0, 0.1) is 89.2 Å². The molecule has 0 unspecified atom stereocenters. The molecule has 0 nitrogen and oxygen atoms in total. The molecule has 0 bridgehead atoms. The van der Waals surface area contributed by atoms with Crippen LogP contribution in [-0.2, 0) is 0 Å². The first-order valence-electron chi connectivity index (χ1n) is 0.802. The molecule has 0 aromatic carbocycles. The second-order valence-corrected chi connectivity index (χ2v) is 2.37. The van der Waals surface area contributed by atoms with E-state index in [1.54, 1.807) is 0 Å². The molecule has 0 fully saturated rings. The van der Waals surface area contributed by atoms with Crippen molar-refractivity contribution in [3.8, 4) is 0 Å². The van der Waals surface area contributed by atoms with Crippen LogP contribution in [0.2, 0.25) is 0 Å². The summed E-state index contributed by atoms with van der Waals surface area (Å²) in [6, 6.07) is 0. The first-order valence-corrected chi connectivity index (χ1v) is 5.38. The fourth-order valence-electron chi connectivity index (χ4n) is 0. The summed E-state index contributed by atoms with van der Waals surface area (Å²) >= 11 is -9.15. The van der Waals surface area contributed by atoms with Crippen LogP contribution in [0.5, 0.6) is 0 Å². The summed E-state index contributed by atoms with van der Waals surface area (Å²) in [7, 11) is 0. The third kappa shape index (κ3) is 70.2. The monoisotopic (exact) mass is 378 g/mol. The third-order valence-corrected chi connectivity index (χ3v) is 0. The summed E-state index contributed by atoms with van der Waals surface area (Å²) in [5, 5.41) is 0. The van der Waals surface area contributed by atoms with Gasteiger partial charge in [-0.3, -0.25) is 0 Å². The first kappa shape index (κ1) is 13.3. The molecule has 0 N–H and O–H groups in total. The third-order valence-electron chi connectivity index (χ3n) is 0. The Bertz CT molecular complexity index is 30.3. The predicted molar refractivity (Wildman–Crippen MR) is 6.65 cm³/mol. The zero-order valence-corrected chi connectivity index (χ0v) is 7.01. The fraction of sp³-hybridized carbons (Fsp3) is 0. The van der Waals surface area contributed by atoms with Gasteiger partial charge < -0.3 is 0 Å². The molecule has 0 saturated carbocycles. The molecule has 0 spiro atoms. The molecule has 0 heterocycles. The SMILES string of the molecule is F[Xe](F)(F)F.F[Xe]F. The van der Waals surface area contributed by atoms with Crippen molar-refractivity contribution in [2.75, 3.05) is 0 Å². The molecule has 0 rings (SSSR count). The van der Waals surface area contributed by atoms with Gasteiger partial charge in [-0.25, -0.2) is 0 Å². The predicted octanol–water partition coefficient (Wildman–Crippen LogP) is 2.52. The van der Waals surface area contributed by atoms with Gasteiger partial charge in [-0.15, -0.1) is 0 Å². The number of hydrogen-bond donors (Lipinski definition) is 0. The Kier molecular flexibility index (Phi) is 13.0. The van der Waals surface area contributed by atoms with Gasteiger partial charge in [-0.1, -0.05) is 0 Å². The molecule has 0 radical (unpaired) electrons. The van der Waals surface area contributed by atoms with Crippen LogP contribution >= 0.6 is 0 Å². The average molecular weight is 377 g/mol. The summed E-state index contributed by atoms with van der Waals surface area (Å²) in [6.07, 6.45) is 0. The van der Waals surface area contributed by atoms with Crippen LogP contribution < -0.4 is 0 Å². The Morgan fingerprint density at radius 1 is 0.875 bits per heavy atom. The number of rotatable bonds is 0. The van der Waals surface area contributed by atoms with Crippen molar-refractivity contribution in [1.29, 1.82) is 0 Å². The van der Waals surface area contributed by atoms with Crippen LogP contribution in [0.1, 0.15) is 0 Å². The Morgan fingerprint density at radius 3 is 0.875 bits per heavy atom. The van der Waals surface area contributed by atoms with Crippen molar-refractivity contribution < 1.29 is 89.7 Å². The minimum absolute atomic E-state index is 2.29. The van der Waals surface area contributed by atoms with Crippen molar-refractivity contribution in [3.05, 3.63) is 0 Å². The molecule has 0 aliphatic rings. The van der Waals surface area contributed by atoms with E-state index in [0.29, 0.717) is 0 Å². The average Bonchev–Trinajstić information content (AvgIpc) is 1.27. The Balaban J connectivity index is 0. The summed E-state index contributed by atoms with van der Waals surface area (Å²) in [4.78, 5) is 0. The van der Waals surface area contributed by atoms with E-state index < -0.39 is 89.2 Å². The van der Waals surface area contributed by atoms with Gasteiger partial charge in [-0.05, 0) is 0 Å². The van der Waals surface area contributed by atoms with Crippen molar-refractivity contribution in [2.24, 2.45) is 0 Å². The van der Waals surface area contributed by atoms with E-state index in [9.17, 15) is 0.501 Å². The standard InChI is InChI=1S/F4Xe.F2Xe/c1-5(2,3)4;1-3-2. The maximum absolute atomic E-state index is 9.86. The van der Waals surface area contributed by atoms with Crippen molar-refractivity contribution in [3.63, 3.8) is 0 Å². The zero-order valence-electron chi connectivity index (χ0n) is 2.97. The number of halogens is 6. The molecule has 0 aliphatic carbocycles. The Hall–Kier alpha value is 2.72. The van der Waals surface area contributed by atoms with Gasteiger partial charge >= 0.3 is 89.7 Å². The van der Waals surface area contributed by atoms with E-state index in [1.165, 1.54) is 0 Å². The summed E-state index contributed by atoms with van der Waals surface area (Å²) in [5.74, 6) is 0. The van der Waals surface area contributed by atoms with Gasteiger partial charge in [0.25, 0.3) is 0 Å². The first-order chi connectivity index (χ1) is 3.41. The summed E-state index contributed by atoms with van der Waals surface area (Å²) in [6.45, 7) is 0. The molecule has 0 saturated heterocycles. The molecule has 0 aliphatic heterocycles. The molecular weight excluding hydrogens is 377 g/mol. The van der Waals surface area contributed by atoms with Crippen LogP contribution in [0.4, 0.5) is 0.501 Å². The minimum atomic E-state index is -6.86. The topological polar surface area (TPSA) is 0 Å². The number of hydrogen-bond acceptors (Lipinski definition) is 0. The molecule has 0 aromatic rings. The summed E-state index contributed by atoms with van der Waals surface area (Å²) in [5.41, 5.74) is 0. The van der Waals surface area contributed by atoms with Crippen molar-refractivity contribution in [2.45, 2.75) is 0 Å².